The second-order valence-electron chi connectivity index (χ2n) is 8.59. The maximum Gasteiger partial charge on any atom is 0.469 e. The van der Waals surface area contributed by atoms with Gasteiger partial charge in [0.1, 0.15) is 21.6 Å². The average Bonchev–Trinajstić information content (AvgIpc) is 3.31. The van der Waals surface area contributed by atoms with Gasteiger partial charge in [0.2, 0.25) is 0 Å². The average molecular weight is 564 g/mol. The first kappa shape index (κ1) is 29.2. The number of phosphoric acid groups is 1. The summed E-state index contributed by atoms with van der Waals surface area (Å²) in [4.78, 5) is 17.7. The zero-order valence-corrected chi connectivity index (χ0v) is 21.5. The number of unbranched alkanes of at least 4 members (excludes halogenated alkanes) is 2. The first-order chi connectivity index (χ1) is 17.2. The van der Waals surface area contributed by atoms with E-state index in [4.69, 9.17) is 20.3 Å². The van der Waals surface area contributed by atoms with Gasteiger partial charge in [0.25, 0.3) is 0 Å². The van der Waals surface area contributed by atoms with Crippen LogP contribution in [-0.2, 0) is 27.2 Å². The second kappa shape index (κ2) is 12.0. The van der Waals surface area contributed by atoms with Crippen LogP contribution in [0.2, 0.25) is 0 Å². The maximum atomic E-state index is 13.7. The molecule has 14 heteroatoms. The molecule has 4 N–H and O–H groups in total. The minimum atomic E-state index is -4.77. The molecule has 0 saturated carbocycles. The van der Waals surface area contributed by atoms with E-state index >= 15 is 0 Å². The van der Waals surface area contributed by atoms with Crippen molar-refractivity contribution in [2.45, 2.75) is 44.3 Å². The van der Waals surface area contributed by atoms with Gasteiger partial charge in [-0.3, -0.25) is 4.52 Å². The van der Waals surface area contributed by atoms with Gasteiger partial charge in [-0.25, -0.2) is 8.96 Å². The number of benzene rings is 2. The van der Waals surface area contributed by atoms with Gasteiger partial charge in [-0.1, -0.05) is 23.5 Å². The van der Waals surface area contributed by atoms with Crippen molar-refractivity contribution in [2.75, 3.05) is 13.2 Å². The summed E-state index contributed by atoms with van der Waals surface area (Å²) in [5, 5.41) is 8.01. The highest BCUT2D eigenvalue weighted by atomic mass is 32.1. The van der Waals surface area contributed by atoms with Crippen LogP contribution >= 0.6 is 19.2 Å². The molecule has 0 aliphatic rings. The molecule has 3 rings (SSSR count). The van der Waals surface area contributed by atoms with E-state index in [1.807, 2.05) is 6.07 Å². The largest absolute Gasteiger partial charge is 0.493 e. The third kappa shape index (κ3) is 8.84. The summed E-state index contributed by atoms with van der Waals surface area (Å²) < 4.78 is 75.3. The number of ether oxygens (including phenoxy) is 1. The molecule has 1 atom stereocenters. The van der Waals surface area contributed by atoms with Crippen molar-refractivity contribution in [2.24, 2.45) is 5.73 Å². The highest BCUT2D eigenvalue weighted by Crippen LogP contribution is 2.41. The van der Waals surface area contributed by atoms with Crippen molar-refractivity contribution in [3.63, 3.8) is 0 Å². The smallest absolute Gasteiger partial charge is 0.469 e. The minimum absolute atomic E-state index is 0.0830. The summed E-state index contributed by atoms with van der Waals surface area (Å²) in [5.74, 6) is -0.621. The van der Waals surface area contributed by atoms with E-state index in [9.17, 15) is 22.1 Å². The molecule has 1 unspecified atom stereocenters. The number of aryl methyl sites for hydroxylation is 1. The molecule has 0 saturated heterocycles. The Bertz CT molecular complexity index is 1250. The molecule has 0 aliphatic carbocycles. The number of aromatic nitrogens is 2. The Balaban J connectivity index is 1.63. The molecule has 37 heavy (non-hydrogen) atoms. The third-order valence-electron chi connectivity index (χ3n) is 5.23. The van der Waals surface area contributed by atoms with Gasteiger partial charge >= 0.3 is 14.0 Å². The van der Waals surface area contributed by atoms with Gasteiger partial charge in [0.15, 0.2) is 0 Å². The van der Waals surface area contributed by atoms with E-state index in [1.54, 1.807) is 6.07 Å². The lowest BCUT2D eigenvalue weighted by atomic mass is 10.1. The van der Waals surface area contributed by atoms with Crippen molar-refractivity contribution < 1.29 is 41.2 Å². The Morgan fingerprint density at radius 1 is 1.08 bits per heavy atom. The molecular weight excluding hydrogens is 537 g/mol. The summed E-state index contributed by atoms with van der Waals surface area (Å²) in [6, 6.07) is 9.81. The Labute approximate surface area is 214 Å². The van der Waals surface area contributed by atoms with E-state index in [1.165, 1.54) is 31.2 Å². The molecule has 3 aromatic rings. The number of hydrogen-bond acceptors (Lipinski definition) is 7. The first-order valence-corrected chi connectivity index (χ1v) is 13.5. The van der Waals surface area contributed by atoms with Crippen molar-refractivity contribution in [3.8, 4) is 16.3 Å². The van der Waals surface area contributed by atoms with Crippen LogP contribution in [0.3, 0.4) is 0 Å². The van der Waals surface area contributed by atoms with Crippen LogP contribution in [0.4, 0.5) is 17.6 Å². The molecule has 1 aromatic heterocycles. The van der Waals surface area contributed by atoms with E-state index < -0.39 is 31.7 Å². The highest BCUT2D eigenvalue weighted by molar-refractivity contribution is 7.46. The van der Waals surface area contributed by atoms with Crippen LogP contribution in [0.25, 0.3) is 10.6 Å². The molecule has 8 nitrogen and oxygen atoms in total. The molecule has 0 aliphatic heterocycles. The highest BCUT2D eigenvalue weighted by Gasteiger charge is 2.35. The summed E-state index contributed by atoms with van der Waals surface area (Å²) in [6.07, 6.45) is -2.04. The number of alkyl halides is 3. The normalized spacial score (nSPS) is 13.9. The SMILES string of the molecule is CC(N)(COP(=O)(O)O)c1nnc(-c2ccc(OCCCCCc3cccc(F)c3)c(C(F)(F)F)c2)s1. The summed E-state index contributed by atoms with van der Waals surface area (Å²) in [6.45, 7) is 0.914. The van der Waals surface area contributed by atoms with Crippen LogP contribution in [0, 0.1) is 5.82 Å². The number of phosphoric ester groups is 1. The van der Waals surface area contributed by atoms with Crippen LogP contribution in [0.5, 0.6) is 5.75 Å². The quantitative estimate of drug-likeness (QED) is 0.151. The molecule has 0 radical (unpaired) electrons. The number of hydrogen-bond donors (Lipinski definition) is 3. The monoisotopic (exact) mass is 563 g/mol. The molecular formula is C23H26F4N3O5PS. The zero-order valence-electron chi connectivity index (χ0n) is 19.7. The van der Waals surface area contributed by atoms with Crippen molar-refractivity contribution >= 4 is 19.2 Å². The predicted octanol–water partition coefficient (Wildman–Crippen LogP) is 5.44. The van der Waals surface area contributed by atoms with Gasteiger partial charge in [0, 0.05) is 5.56 Å². The van der Waals surface area contributed by atoms with Crippen LogP contribution in [0.15, 0.2) is 42.5 Å². The van der Waals surface area contributed by atoms with Crippen LogP contribution in [-0.4, -0.2) is 33.2 Å². The number of halogens is 4. The minimum Gasteiger partial charge on any atom is -0.493 e. The van der Waals surface area contributed by atoms with Gasteiger partial charge in [-0.05, 0) is 68.5 Å². The Morgan fingerprint density at radius 2 is 1.84 bits per heavy atom. The second-order valence-corrected chi connectivity index (χ2v) is 10.8. The van der Waals surface area contributed by atoms with Crippen molar-refractivity contribution in [1.29, 1.82) is 0 Å². The standard InChI is InChI=1S/C23H26F4N3O5PS/c1-22(28,14-35-36(31,32)33)21-30-29-20(37-21)16-9-10-19(18(13-16)23(25,26)27)34-11-4-2-3-6-15-7-5-8-17(24)12-15/h5,7-10,12-13H,2-4,6,11,14,28H2,1H3,(H2,31,32,33). The lowest BCUT2D eigenvalue weighted by Gasteiger charge is -2.21. The lowest BCUT2D eigenvalue weighted by molar-refractivity contribution is -0.138. The molecule has 202 valence electrons. The first-order valence-electron chi connectivity index (χ1n) is 11.2. The van der Waals surface area contributed by atoms with Gasteiger partial charge < -0.3 is 20.3 Å². The summed E-state index contributed by atoms with van der Waals surface area (Å²) in [5.41, 5.74) is 4.60. The van der Waals surface area contributed by atoms with E-state index in [0.29, 0.717) is 19.3 Å². The molecule has 2 aromatic carbocycles. The molecule has 0 spiro atoms. The fourth-order valence-electron chi connectivity index (χ4n) is 3.34. The molecule has 0 amide bonds. The maximum absolute atomic E-state index is 13.7. The zero-order chi connectivity index (χ0) is 27.3. The Hall–Kier alpha value is -2.41. The number of rotatable bonds is 12. The number of nitrogens with zero attached hydrogens (tertiary/aromatic N) is 2. The Kier molecular flexibility index (Phi) is 9.43. The lowest BCUT2D eigenvalue weighted by Crippen LogP contribution is -2.37. The van der Waals surface area contributed by atoms with Crippen molar-refractivity contribution in [3.05, 3.63) is 64.4 Å². The van der Waals surface area contributed by atoms with E-state index in [2.05, 4.69) is 14.7 Å². The van der Waals surface area contributed by atoms with Crippen LogP contribution in [0.1, 0.15) is 42.3 Å². The number of nitrogens with two attached hydrogens (primary N) is 1. The fourth-order valence-corrected chi connectivity index (χ4v) is 4.66. The topological polar surface area (TPSA) is 128 Å². The third-order valence-corrected chi connectivity index (χ3v) is 6.95. The van der Waals surface area contributed by atoms with E-state index in [0.717, 1.165) is 29.4 Å². The van der Waals surface area contributed by atoms with Crippen molar-refractivity contribution in [1.82, 2.24) is 10.2 Å². The fraction of sp³-hybridized carbons (Fsp3) is 0.391. The Morgan fingerprint density at radius 3 is 2.51 bits per heavy atom. The summed E-state index contributed by atoms with van der Waals surface area (Å²) >= 11 is 0.883. The molecule has 0 bridgehead atoms. The summed E-state index contributed by atoms with van der Waals surface area (Å²) in [7, 11) is -4.77. The molecule has 0 fully saturated rings. The van der Waals surface area contributed by atoms with Gasteiger partial charge in [0.05, 0.1) is 24.3 Å². The van der Waals surface area contributed by atoms with E-state index in [-0.39, 0.29) is 33.8 Å². The van der Waals surface area contributed by atoms with Gasteiger partial charge in [-0.15, -0.1) is 10.2 Å². The van der Waals surface area contributed by atoms with Crippen LogP contribution < -0.4 is 10.5 Å². The predicted molar refractivity (Wildman–Crippen MR) is 129 cm³/mol. The molecule has 1 heterocycles. The van der Waals surface area contributed by atoms with Gasteiger partial charge in [-0.2, -0.15) is 13.2 Å².